The average molecular weight is 204 g/mol. The van der Waals surface area contributed by atoms with Crippen molar-refractivity contribution in [2.45, 2.75) is 38.2 Å². The predicted octanol–water partition coefficient (Wildman–Crippen LogP) is 1.87. The highest BCUT2D eigenvalue weighted by atomic mass is 16.3. The highest BCUT2D eigenvalue weighted by molar-refractivity contribution is 5.10. The summed E-state index contributed by atoms with van der Waals surface area (Å²) in [7, 11) is 0. The minimum absolute atomic E-state index is 0.0241. The van der Waals surface area contributed by atoms with Crippen molar-refractivity contribution in [2.24, 2.45) is 11.8 Å². The topological polar surface area (TPSA) is 46.0 Å². The van der Waals surface area contributed by atoms with Gasteiger partial charge in [0.1, 0.15) is 5.82 Å². The van der Waals surface area contributed by atoms with Crippen molar-refractivity contribution in [3.63, 3.8) is 0 Å². The van der Waals surface area contributed by atoms with Gasteiger partial charge in [0.25, 0.3) is 0 Å². The molecule has 1 heterocycles. The van der Waals surface area contributed by atoms with Crippen LogP contribution in [0.15, 0.2) is 12.3 Å². The standard InChI is InChI=1S/C12H16N2O/c15-7-10-3-4-13-12(14-10)11-6-8-1-2-9(11)5-8/h3-4,8-9,11,15H,1-2,5-7H2. The first-order valence-corrected chi connectivity index (χ1v) is 5.79. The summed E-state index contributed by atoms with van der Waals surface area (Å²) in [5, 5.41) is 9.05. The monoisotopic (exact) mass is 204 g/mol. The Morgan fingerprint density at radius 2 is 2.27 bits per heavy atom. The molecule has 1 aromatic rings. The third-order valence-electron chi connectivity index (χ3n) is 3.96. The zero-order valence-electron chi connectivity index (χ0n) is 8.76. The summed E-state index contributed by atoms with van der Waals surface area (Å²) in [6.45, 7) is 0.0241. The van der Waals surface area contributed by atoms with Crippen molar-refractivity contribution < 1.29 is 5.11 Å². The summed E-state index contributed by atoms with van der Waals surface area (Å²) in [4.78, 5) is 8.80. The number of aliphatic hydroxyl groups is 1. The van der Waals surface area contributed by atoms with E-state index in [-0.39, 0.29) is 6.61 Å². The second-order valence-electron chi connectivity index (χ2n) is 4.85. The van der Waals surface area contributed by atoms with Gasteiger partial charge in [0.15, 0.2) is 0 Å². The first-order chi connectivity index (χ1) is 7.36. The zero-order chi connectivity index (χ0) is 10.3. The van der Waals surface area contributed by atoms with E-state index in [0.717, 1.165) is 23.4 Å². The molecule has 3 unspecified atom stereocenters. The summed E-state index contributed by atoms with van der Waals surface area (Å²) in [5.74, 6) is 3.26. The number of fused-ring (bicyclic) bond motifs is 2. The minimum atomic E-state index is 0.0241. The molecule has 3 rings (SSSR count). The molecule has 0 amide bonds. The number of hydrogen-bond acceptors (Lipinski definition) is 3. The van der Waals surface area contributed by atoms with Gasteiger partial charge in [-0.1, -0.05) is 6.42 Å². The van der Waals surface area contributed by atoms with E-state index in [2.05, 4.69) is 9.97 Å². The first-order valence-electron chi connectivity index (χ1n) is 5.79. The maximum Gasteiger partial charge on any atom is 0.131 e. The Hall–Kier alpha value is -0.960. The molecule has 0 saturated heterocycles. The molecule has 2 aliphatic rings. The molecule has 2 fully saturated rings. The van der Waals surface area contributed by atoms with Crippen LogP contribution in [-0.4, -0.2) is 15.1 Å². The van der Waals surface area contributed by atoms with Crippen molar-refractivity contribution in [3.05, 3.63) is 23.8 Å². The molecule has 0 spiro atoms. The van der Waals surface area contributed by atoms with Gasteiger partial charge in [-0.15, -0.1) is 0 Å². The first kappa shape index (κ1) is 9.28. The molecule has 1 aromatic heterocycles. The van der Waals surface area contributed by atoms with Crippen LogP contribution >= 0.6 is 0 Å². The van der Waals surface area contributed by atoms with Gasteiger partial charge in [-0.05, 0) is 37.2 Å². The summed E-state index contributed by atoms with van der Waals surface area (Å²) in [6, 6.07) is 1.79. The smallest absolute Gasteiger partial charge is 0.131 e. The van der Waals surface area contributed by atoms with Crippen LogP contribution in [-0.2, 0) is 6.61 Å². The van der Waals surface area contributed by atoms with Crippen LogP contribution in [0.4, 0.5) is 0 Å². The third kappa shape index (κ3) is 1.55. The Morgan fingerprint density at radius 1 is 1.33 bits per heavy atom. The Morgan fingerprint density at radius 3 is 2.93 bits per heavy atom. The molecule has 2 saturated carbocycles. The molecule has 1 N–H and O–H groups in total. The quantitative estimate of drug-likeness (QED) is 0.800. The highest BCUT2D eigenvalue weighted by Gasteiger charge is 2.41. The van der Waals surface area contributed by atoms with Crippen LogP contribution < -0.4 is 0 Å². The molecule has 2 bridgehead atoms. The molecule has 3 nitrogen and oxygen atoms in total. The second kappa shape index (κ2) is 3.56. The lowest BCUT2D eigenvalue weighted by Gasteiger charge is -2.20. The fourth-order valence-electron chi connectivity index (χ4n) is 3.24. The van der Waals surface area contributed by atoms with Gasteiger partial charge >= 0.3 is 0 Å². The molecular formula is C12H16N2O. The van der Waals surface area contributed by atoms with Gasteiger partial charge in [0, 0.05) is 12.1 Å². The van der Waals surface area contributed by atoms with Gasteiger partial charge in [-0.3, -0.25) is 0 Å². The van der Waals surface area contributed by atoms with Crippen molar-refractivity contribution in [1.82, 2.24) is 9.97 Å². The molecule has 3 atom stereocenters. The van der Waals surface area contributed by atoms with E-state index in [1.54, 1.807) is 12.3 Å². The summed E-state index contributed by atoms with van der Waals surface area (Å²) < 4.78 is 0. The van der Waals surface area contributed by atoms with Crippen LogP contribution in [0, 0.1) is 11.8 Å². The van der Waals surface area contributed by atoms with E-state index in [1.165, 1.54) is 25.7 Å². The van der Waals surface area contributed by atoms with Crippen molar-refractivity contribution >= 4 is 0 Å². The average Bonchev–Trinajstić information content (AvgIpc) is 2.91. The SMILES string of the molecule is OCc1ccnc(C2CC3CCC2C3)n1. The molecule has 3 heteroatoms. The maximum atomic E-state index is 9.05. The van der Waals surface area contributed by atoms with Crippen LogP contribution in [0.1, 0.15) is 43.1 Å². The summed E-state index contributed by atoms with van der Waals surface area (Å²) in [6.07, 6.45) is 7.17. The largest absolute Gasteiger partial charge is 0.390 e. The molecule has 0 aliphatic heterocycles. The predicted molar refractivity (Wildman–Crippen MR) is 56.1 cm³/mol. The van der Waals surface area contributed by atoms with Gasteiger partial charge in [0.05, 0.1) is 12.3 Å². The second-order valence-corrected chi connectivity index (χ2v) is 4.85. The van der Waals surface area contributed by atoms with E-state index in [1.807, 2.05) is 0 Å². The van der Waals surface area contributed by atoms with E-state index < -0.39 is 0 Å². The van der Waals surface area contributed by atoms with E-state index in [4.69, 9.17) is 5.11 Å². The van der Waals surface area contributed by atoms with Crippen LogP contribution in [0.3, 0.4) is 0 Å². The van der Waals surface area contributed by atoms with Gasteiger partial charge < -0.3 is 5.11 Å². The van der Waals surface area contributed by atoms with E-state index in [0.29, 0.717) is 5.92 Å². The van der Waals surface area contributed by atoms with E-state index in [9.17, 15) is 0 Å². The summed E-state index contributed by atoms with van der Waals surface area (Å²) >= 11 is 0. The fraction of sp³-hybridized carbons (Fsp3) is 0.667. The lowest BCUT2D eigenvalue weighted by atomic mass is 9.88. The third-order valence-corrected chi connectivity index (χ3v) is 3.96. The van der Waals surface area contributed by atoms with Crippen molar-refractivity contribution in [1.29, 1.82) is 0 Å². The minimum Gasteiger partial charge on any atom is -0.390 e. The Bertz CT molecular complexity index is 366. The fourth-order valence-corrected chi connectivity index (χ4v) is 3.24. The van der Waals surface area contributed by atoms with Crippen LogP contribution in [0.5, 0.6) is 0 Å². The number of rotatable bonds is 2. The number of nitrogens with zero attached hydrogens (tertiary/aromatic N) is 2. The normalized spacial score (nSPS) is 33.5. The molecule has 0 radical (unpaired) electrons. The maximum absolute atomic E-state index is 9.05. The van der Waals surface area contributed by atoms with Gasteiger partial charge in [-0.25, -0.2) is 9.97 Å². The molecule has 15 heavy (non-hydrogen) atoms. The van der Waals surface area contributed by atoms with Gasteiger partial charge in [-0.2, -0.15) is 0 Å². The van der Waals surface area contributed by atoms with E-state index >= 15 is 0 Å². The molecule has 2 aliphatic carbocycles. The molecular weight excluding hydrogens is 188 g/mol. The number of aromatic nitrogens is 2. The zero-order valence-corrected chi connectivity index (χ0v) is 8.76. The Kier molecular flexibility index (Phi) is 2.20. The molecule has 80 valence electrons. The van der Waals surface area contributed by atoms with Gasteiger partial charge in [0.2, 0.25) is 0 Å². The number of aliphatic hydroxyl groups excluding tert-OH is 1. The Labute approximate surface area is 89.6 Å². The van der Waals surface area contributed by atoms with Crippen LogP contribution in [0.25, 0.3) is 0 Å². The van der Waals surface area contributed by atoms with Crippen LogP contribution in [0.2, 0.25) is 0 Å². The lowest BCUT2D eigenvalue weighted by molar-refractivity contribution is 0.275. The Balaban J connectivity index is 1.86. The summed E-state index contributed by atoms with van der Waals surface area (Å²) in [5.41, 5.74) is 0.753. The van der Waals surface area contributed by atoms with Crippen molar-refractivity contribution in [3.8, 4) is 0 Å². The van der Waals surface area contributed by atoms with Crippen molar-refractivity contribution in [2.75, 3.05) is 0 Å². The highest BCUT2D eigenvalue weighted by Crippen LogP contribution is 2.51. The number of hydrogen-bond donors (Lipinski definition) is 1. The molecule has 0 aromatic carbocycles. The lowest BCUT2D eigenvalue weighted by Crippen LogP contribution is -2.12.